The molecule has 3 aromatic rings. The Morgan fingerprint density at radius 2 is 1.79 bits per heavy atom. The Bertz CT molecular complexity index is 973. The second-order valence-corrected chi connectivity index (χ2v) is 6.25. The molecule has 0 radical (unpaired) electrons. The van der Waals surface area contributed by atoms with E-state index in [1.165, 1.54) is 0 Å². The number of benzene rings is 2. The van der Waals surface area contributed by atoms with Crippen LogP contribution in [0.3, 0.4) is 0 Å². The highest BCUT2D eigenvalue weighted by Crippen LogP contribution is 2.23. The SMILES string of the molecule is Cc1cc(NC(=O)COC(=O)COc2ccccc2Cl)n(-c2ccccc2)n1. The first kappa shape index (κ1) is 19.4. The highest BCUT2D eigenvalue weighted by molar-refractivity contribution is 6.32. The largest absolute Gasteiger partial charge is 0.480 e. The van der Waals surface area contributed by atoms with Crippen molar-refractivity contribution in [2.45, 2.75) is 6.92 Å². The molecule has 0 aliphatic carbocycles. The van der Waals surface area contributed by atoms with Crippen LogP contribution in [0.4, 0.5) is 5.82 Å². The number of nitrogens with one attached hydrogen (secondary N) is 1. The van der Waals surface area contributed by atoms with E-state index in [1.54, 1.807) is 35.0 Å². The van der Waals surface area contributed by atoms with E-state index in [2.05, 4.69) is 10.4 Å². The van der Waals surface area contributed by atoms with Crippen molar-refractivity contribution in [3.05, 3.63) is 71.4 Å². The summed E-state index contributed by atoms with van der Waals surface area (Å²) in [5, 5.41) is 7.44. The molecule has 0 aliphatic heterocycles. The van der Waals surface area contributed by atoms with Crippen LogP contribution in [0.1, 0.15) is 5.69 Å². The number of nitrogens with zero attached hydrogens (tertiary/aromatic N) is 2. The van der Waals surface area contributed by atoms with Crippen molar-refractivity contribution in [2.75, 3.05) is 18.5 Å². The van der Waals surface area contributed by atoms with Gasteiger partial charge in [-0.05, 0) is 31.2 Å². The zero-order chi connectivity index (χ0) is 19.9. The normalized spacial score (nSPS) is 10.4. The van der Waals surface area contributed by atoms with Gasteiger partial charge in [0.25, 0.3) is 5.91 Å². The fourth-order valence-electron chi connectivity index (χ4n) is 2.42. The van der Waals surface area contributed by atoms with Gasteiger partial charge < -0.3 is 14.8 Å². The number of ether oxygens (including phenoxy) is 2. The van der Waals surface area contributed by atoms with Crippen molar-refractivity contribution in [1.82, 2.24) is 9.78 Å². The van der Waals surface area contributed by atoms with E-state index in [0.717, 1.165) is 11.4 Å². The lowest BCUT2D eigenvalue weighted by atomic mass is 10.3. The first-order valence-electron chi connectivity index (χ1n) is 8.48. The van der Waals surface area contributed by atoms with Crippen LogP contribution in [0.25, 0.3) is 5.69 Å². The summed E-state index contributed by atoms with van der Waals surface area (Å²) in [6.07, 6.45) is 0. The number of para-hydroxylation sites is 2. The molecule has 1 aromatic heterocycles. The van der Waals surface area contributed by atoms with Crippen LogP contribution in [0.15, 0.2) is 60.7 Å². The van der Waals surface area contributed by atoms with Gasteiger partial charge >= 0.3 is 5.97 Å². The fraction of sp³-hybridized carbons (Fsp3) is 0.150. The van der Waals surface area contributed by atoms with Crippen molar-refractivity contribution >= 4 is 29.3 Å². The molecular formula is C20H18ClN3O4. The van der Waals surface area contributed by atoms with Crippen LogP contribution in [-0.4, -0.2) is 34.9 Å². The molecule has 0 spiro atoms. The molecule has 3 rings (SSSR count). The molecule has 0 unspecified atom stereocenters. The van der Waals surface area contributed by atoms with Crippen LogP contribution in [0, 0.1) is 6.92 Å². The van der Waals surface area contributed by atoms with E-state index >= 15 is 0 Å². The number of carbonyl (C=O) groups is 2. The maximum absolute atomic E-state index is 12.1. The number of aryl methyl sites for hydroxylation is 1. The number of rotatable bonds is 7. The lowest BCUT2D eigenvalue weighted by molar-refractivity contribution is -0.149. The summed E-state index contributed by atoms with van der Waals surface area (Å²) < 4.78 is 11.8. The number of aromatic nitrogens is 2. The number of hydrogen-bond acceptors (Lipinski definition) is 5. The van der Waals surface area contributed by atoms with Gasteiger partial charge in [0.1, 0.15) is 11.6 Å². The molecule has 7 nitrogen and oxygen atoms in total. The van der Waals surface area contributed by atoms with Crippen LogP contribution in [0.5, 0.6) is 5.75 Å². The smallest absolute Gasteiger partial charge is 0.344 e. The summed E-state index contributed by atoms with van der Waals surface area (Å²) in [6, 6.07) is 17.9. The van der Waals surface area contributed by atoms with Gasteiger partial charge in [-0.2, -0.15) is 5.10 Å². The van der Waals surface area contributed by atoms with Crippen LogP contribution >= 0.6 is 11.6 Å². The van der Waals surface area contributed by atoms with Gasteiger partial charge in [0, 0.05) is 6.07 Å². The highest BCUT2D eigenvalue weighted by atomic mass is 35.5. The van der Waals surface area contributed by atoms with Gasteiger partial charge in [-0.25, -0.2) is 9.48 Å². The molecule has 8 heteroatoms. The Kier molecular flexibility index (Phi) is 6.29. The molecule has 0 saturated heterocycles. The molecule has 0 atom stereocenters. The van der Waals surface area contributed by atoms with Crippen molar-refractivity contribution < 1.29 is 19.1 Å². The highest BCUT2D eigenvalue weighted by Gasteiger charge is 2.13. The molecular weight excluding hydrogens is 382 g/mol. The predicted molar refractivity (Wildman–Crippen MR) is 105 cm³/mol. The molecule has 0 fully saturated rings. The minimum absolute atomic E-state index is 0.349. The Balaban J connectivity index is 1.52. The average molecular weight is 400 g/mol. The van der Waals surface area contributed by atoms with Crippen LogP contribution in [0.2, 0.25) is 5.02 Å². The Labute approximate surface area is 166 Å². The standard InChI is InChI=1S/C20H18ClN3O4/c1-14-11-18(24(23-14)15-7-3-2-4-8-15)22-19(25)12-28-20(26)13-27-17-10-6-5-9-16(17)21/h2-11H,12-13H2,1H3,(H,22,25). The third-order valence-corrected chi connectivity index (χ3v) is 3.96. The van der Waals surface area contributed by atoms with Crippen LogP contribution in [-0.2, 0) is 14.3 Å². The fourth-order valence-corrected chi connectivity index (χ4v) is 2.61. The summed E-state index contributed by atoms with van der Waals surface area (Å²) in [5.74, 6) is -0.309. The van der Waals surface area contributed by atoms with Crippen molar-refractivity contribution in [3.63, 3.8) is 0 Å². The lowest BCUT2D eigenvalue weighted by Gasteiger charge is -2.10. The third-order valence-electron chi connectivity index (χ3n) is 3.65. The summed E-state index contributed by atoms with van der Waals surface area (Å²) in [7, 11) is 0. The Morgan fingerprint density at radius 3 is 2.54 bits per heavy atom. The van der Waals surface area contributed by atoms with E-state index in [9.17, 15) is 9.59 Å². The predicted octanol–water partition coefficient (Wildman–Crippen LogP) is 3.39. The van der Waals surface area contributed by atoms with Gasteiger partial charge in [-0.3, -0.25) is 4.79 Å². The third kappa shape index (κ3) is 5.11. The molecule has 1 amide bonds. The van der Waals surface area contributed by atoms with Gasteiger partial charge in [0.05, 0.1) is 16.4 Å². The molecule has 0 saturated carbocycles. The van der Waals surface area contributed by atoms with Crippen LogP contribution < -0.4 is 10.1 Å². The Morgan fingerprint density at radius 1 is 1.07 bits per heavy atom. The second-order valence-electron chi connectivity index (χ2n) is 5.85. The quantitative estimate of drug-likeness (QED) is 0.616. The number of esters is 1. The van der Waals surface area contributed by atoms with Crippen molar-refractivity contribution in [3.8, 4) is 11.4 Å². The maximum Gasteiger partial charge on any atom is 0.344 e. The first-order valence-corrected chi connectivity index (χ1v) is 8.85. The Hall–Kier alpha value is -3.32. The van der Waals surface area contributed by atoms with Crippen molar-refractivity contribution in [1.29, 1.82) is 0 Å². The van der Waals surface area contributed by atoms with E-state index < -0.39 is 18.5 Å². The zero-order valence-corrected chi connectivity index (χ0v) is 15.8. The lowest BCUT2D eigenvalue weighted by Crippen LogP contribution is -2.24. The van der Waals surface area contributed by atoms with Crippen molar-refractivity contribution in [2.24, 2.45) is 0 Å². The molecule has 2 aromatic carbocycles. The number of halogens is 1. The number of carbonyl (C=O) groups excluding carboxylic acids is 2. The molecule has 0 bridgehead atoms. The zero-order valence-electron chi connectivity index (χ0n) is 15.1. The average Bonchev–Trinajstić information content (AvgIpc) is 3.06. The molecule has 28 heavy (non-hydrogen) atoms. The number of anilines is 1. The van der Waals surface area contributed by atoms with Gasteiger partial charge in [-0.15, -0.1) is 0 Å². The molecule has 144 valence electrons. The summed E-state index contributed by atoms with van der Waals surface area (Å²) in [4.78, 5) is 23.9. The molecule has 0 aliphatic rings. The molecule has 1 N–H and O–H groups in total. The maximum atomic E-state index is 12.1. The summed E-state index contributed by atoms with van der Waals surface area (Å²) in [5.41, 5.74) is 1.54. The van der Waals surface area contributed by atoms with E-state index in [-0.39, 0.29) is 6.61 Å². The van der Waals surface area contributed by atoms with Gasteiger partial charge in [0.15, 0.2) is 13.2 Å². The molecule has 1 heterocycles. The summed E-state index contributed by atoms with van der Waals surface area (Å²) in [6.45, 7) is 1.03. The summed E-state index contributed by atoms with van der Waals surface area (Å²) >= 11 is 5.94. The van der Waals surface area contributed by atoms with E-state index in [4.69, 9.17) is 21.1 Å². The monoisotopic (exact) mass is 399 g/mol. The first-order chi connectivity index (χ1) is 13.5. The minimum Gasteiger partial charge on any atom is -0.480 e. The second kappa shape index (κ2) is 9.05. The van der Waals surface area contributed by atoms with Gasteiger partial charge in [-0.1, -0.05) is 41.9 Å². The minimum atomic E-state index is -0.678. The topological polar surface area (TPSA) is 82.5 Å². The van der Waals surface area contributed by atoms with E-state index in [1.807, 2.05) is 37.3 Å². The van der Waals surface area contributed by atoms with E-state index in [0.29, 0.717) is 16.6 Å². The number of hydrogen-bond donors (Lipinski definition) is 1. The van der Waals surface area contributed by atoms with Gasteiger partial charge in [0.2, 0.25) is 0 Å². The number of amides is 1.